The molecule has 5 heteroatoms. The average Bonchev–Trinajstić information content (AvgIpc) is 2.86. The van der Waals surface area contributed by atoms with Crippen LogP contribution in [-0.2, 0) is 9.59 Å². The van der Waals surface area contributed by atoms with Gasteiger partial charge >= 0.3 is 0 Å². The Morgan fingerprint density at radius 2 is 1.95 bits per heavy atom. The number of rotatable bonds is 3. The Bertz CT molecular complexity index is 577. The van der Waals surface area contributed by atoms with E-state index in [-0.39, 0.29) is 30.2 Å². The van der Waals surface area contributed by atoms with Gasteiger partial charge in [-0.05, 0) is 19.4 Å². The minimum absolute atomic E-state index is 0.0114. The molecule has 118 valence electrons. The lowest BCUT2D eigenvalue weighted by Gasteiger charge is -2.45. The summed E-state index contributed by atoms with van der Waals surface area (Å²) in [6.07, 6.45) is 0.272. The molecule has 1 N–H and O–H groups in total. The topological polar surface area (TPSA) is 60.9 Å². The van der Waals surface area contributed by atoms with Crippen LogP contribution in [0.25, 0.3) is 0 Å². The first-order chi connectivity index (χ1) is 10.4. The maximum atomic E-state index is 12.4. The molecule has 2 heterocycles. The maximum absolute atomic E-state index is 12.4. The number of aliphatic hydroxyl groups is 1. The van der Waals surface area contributed by atoms with Crippen LogP contribution < -0.4 is 0 Å². The van der Waals surface area contributed by atoms with Gasteiger partial charge in [-0.15, -0.1) is 0 Å². The fraction of sp³-hybridized carbons (Fsp3) is 0.529. The van der Waals surface area contributed by atoms with Gasteiger partial charge in [0.05, 0.1) is 30.7 Å². The molecule has 0 aromatic heterocycles. The third kappa shape index (κ3) is 2.73. The molecule has 1 aromatic carbocycles. The molecular weight excluding hydrogens is 280 g/mol. The van der Waals surface area contributed by atoms with Gasteiger partial charge in [0.2, 0.25) is 11.8 Å². The summed E-state index contributed by atoms with van der Waals surface area (Å²) in [5.41, 5.74) is 0.311. The fourth-order valence-electron chi connectivity index (χ4n) is 3.37. The van der Waals surface area contributed by atoms with Crippen LogP contribution in [0, 0.1) is 5.92 Å². The van der Waals surface area contributed by atoms with Crippen LogP contribution in [0.1, 0.15) is 31.9 Å². The lowest BCUT2D eigenvalue weighted by Crippen LogP contribution is -2.62. The van der Waals surface area contributed by atoms with Crippen LogP contribution in [0.5, 0.6) is 0 Å². The standard InChI is InChI=1S/C17H22N2O3/c1-12(13-6-4-3-5-7-13)19-9-14(8-15(19)20)16(21)18-10-17(2,22)11-18/h3-7,12,14,22H,8-11H2,1-2H3. The van der Waals surface area contributed by atoms with E-state index in [1.54, 1.807) is 16.7 Å². The van der Waals surface area contributed by atoms with Crippen molar-refractivity contribution in [2.45, 2.75) is 31.9 Å². The van der Waals surface area contributed by atoms with E-state index in [4.69, 9.17) is 0 Å². The molecule has 3 rings (SSSR count). The van der Waals surface area contributed by atoms with E-state index in [9.17, 15) is 14.7 Å². The summed E-state index contributed by atoms with van der Waals surface area (Å²) in [5, 5.41) is 9.74. The van der Waals surface area contributed by atoms with Crippen molar-refractivity contribution >= 4 is 11.8 Å². The third-order valence-corrected chi connectivity index (χ3v) is 4.63. The van der Waals surface area contributed by atoms with Crippen LogP contribution in [0.2, 0.25) is 0 Å². The van der Waals surface area contributed by atoms with E-state index in [2.05, 4.69) is 0 Å². The Morgan fingerprint density at radius 3 is 2.55 bits per heavy atom. The summed E-state index contributed by atoms with van der Waals surface area (Å²) < 4.78 is 0. The molecule has 0 bridgehead atoms. The number of amides is 2. The summed E-state index contributed by atoms with van der Waals surface area (Å²) >= 11 is 0. The molecule has 2 atom stereocenters. The second-order valence-corrected chi connectivity index (χ2v) is 6.73. The molecule has 1 aromatic rings. The van der Waals surface area contributed by atoms with Gasteiger partial charge in [0, 0.05) is 13.0 Å². The number of carbonyl (C=O) groups is 2. The lowest BCUT2D eigenvalue weighted by molar-refractivity contribution is -0.156. The quantitative estimate of drug-likeness (QED) is 0.912. The second kappa shape index (κ2) is 5.39. The highest BCUT2D eigenvalue weighted by atomic mass is 16.3. The predicted octanol–water partition coefficient (Wildman–Crippen LogP) is 1.19. The Labute approximate surface area is 130 Å². The smallest absolute Gasteiger partial charge is 0.228 e. The summed E-state index contributed by atoms with van der Waals surface area (Å²) in [5.74, 6) is -0.264. The molecule has 2 aliphatic heterocycles. The van der Waals surface area contributed by atoms with Crippen molar-refractivity contribution in [1.29, 1.82) is 0 Å². The molecule has 2 amide bonds. The number of hydrogen-bond acceptors (Lipinski definition) is 3. The SMILES string of the molecule is CC(c1ccccc1)N1CC(C(=O)N2CC(C)(O)C2)CC1=O. The number of hydrogen-bond donors (Lipinski definition) is 1. The first-order valence-corrected chi connectivity index (χ1v) is 7.73. The molecule has 2 fully saturated rings. The van der Waals surface area contributed by atoms with Crippen LogP contribution in [0.4, 0.5) is 0 Å². The lowest BCUT2D eigenvalue weighted by atomic mass is 9.94. The number of nitrogens with zero attached hydrogens (tertiary/aromatic N) is 2. The van der Waals surface area contributed by atoms with E-state index in [1.165, 1.54) is 0 Å². The van der Waals surface area contributed by atoms with Gasteiger partial charge < -0.3 is 14.9 Å². The minimum atomic E-state index is -0.769. The molecule has 2 saturated heterocycles. The largest absolute Gasteiger partial charge is 0.386 e. The van der Waals surface area contributed by atoms with Crippen LogP contribution >= 0.6 is 0 Å². The fourth-order valence-corrected chi connectivity index (χ4v) is 3.37. The number of likely N-dealkylation sites (tertiary alicyclic amines) is 2. The number of β-amino-alcohol motifs (C(OH)–C–C–N with tert-alkyl or cyclic N) is 1. The van der Waals surface area contributed by atoms with E-state index in [0.717, 1.165) is 5.56 Å². The highest BCUT2D eigenvalue weighted by Gasteiger charge is 2.45. The van der Waals surface area contributed by atoms with Crippen molar-refractivity contribution in [3.63, 3.8) is 0 Å². The van der Waals surface area contributed by atoms with Gasteiger partial charge in [-0.25, -0.2) is 0 Å². The molecule has 0 saturated carbocycles. The third-order valence-electron chi connectivity index (χ3n) is 4.63. The van der Waals surface area contributed by atoms with Gasteiger partial charge in [0.25, 0.3) is 0 Å². The first kappa shape index (κ1) is 15.0. The van der Waals surface area contributed by atoms with E-state index < -0.39 is 5.60 Å². The molecule has 5 nitrogen and oxygen atoms in total. The first-order valence-electron chi connectivity index (χ1n) is 7.73. The van der Waals surface area contributed by atoms with Crippen molar-refractivity contribution in [2.75, 3.05) is 19.6 Å². The number of carbonyl (C=O) groups excluding carboxylic acids is 2. The predicted molar refractivity (Wildman–Crippen MR) is 81.9 cm³/mol. The van der Waals surface area contributed by atoms with Gasteiger partial charge in [0.15, 0.2) is 0 Å². The van der Waals surface area contributed by atoms with E-state index >= 15 is 0 Å². The van der Waals surface area contributed by atoms with Crippen molar-refractivity contribution in [1.82, 2.24) is 9.80 Å². The molecular formula is C17H22N2O3. The van der Waals surface area contributed by atoms with Crippen LogP contribution in [0.15, 0.2) is 30.3 Å². The zero-order chi connectivity index (χ0) is 15.9. The molecule has 22 heavy (non-hydrogen) atoms. The zero-order valence-corrected chi connectivity index (χ0v) is 13.0. The zero-order valence-electron chi connectivity index (χ0n) is 13.0. The molecule has 2 aliphatic rings. The van der Waals surface area contributed by atoms with Gasteiger partial charge in [-0.1, -0.05) is 30.3 Å². The minimum Gasteiger partial charge on any atom is -0.386 e. The Hall–Kier alpha value is -1.88. The van der Waals surface area contributed by atoms with E-state index in [0.29, 0.717) is 19.6 Å². The normalized spacial score (nSPS) is 25.0. The van der Waals surface area contributed by atoms with Crippen LogP contribution in [0.3, 0.4) is 0 Å². The van der Waals surface area contributed by atoms with Crippen molar-refractivity contribution in [3.05, 3.63) is 35.9 Å². The highest BCUT2D eigenvalue weighted by Crippen LogP contribution is 2.31. The highest BCUT2D eigenvalue weighted by molar-refractivity contribution is 5.90. The Kier molecular flexibility index (Phi) is 3.68. The molecule has 2 unspecified atom stereocenters. The second-order valence-electron chi connectivity index (χ2n) is 6.73. The van der Waals surface area contributed by atoms with Crippen molar-refractivity contribution < 1.29 is 14.7 Å². The summed E-state index contributed by atoms with van der Waals surface area (Å²) in [4.78, 5) is 28.1. The summed E-state index contributed by atoms with van der Waals surface area (Å²) in [7, 11) is 0. The Morgan fingerprint density at radius 1 is 1.32 bits per heavy atom. The number of benzene rings is 1. The van der Waals surface area contributed by atoms with Crippen LogP contribution in [-0.4, -0.2) is 52.0 Å². The van der Waals surface area contributed by atoms with Crippen molar-refractivity contribution in [3.8, 4) is 0 Å². The van der Waals surface area contributed by atoms with E-state index in [1.807, 2.05) is 37.3 Å². The average molecular weight is 302 g/mol. The summed E-state index contributed by atoms with van der Waals surface area (Å²) in [6.45, 7) is 4.91. The maximum Gasteiger partial charge on any atom is 0.228 e. The molecule has 0 radical (unpaired) electrons. The summed E-state index contributed by atoms with van der Waals surface area (Å²) in [6, 6.07) is 9.84. The van der Waals surface area contributed by atoms with Gasteiger partial charge in [-0.3, -0.25) is 9.59 Å². The van der Waals surface area contributed by atoms with Gasteiger partial charge in [0.1, 0.15) is 0 Å². The van der Waals surface area contributed by atoms with Gasteiger partial charge in [-0.2, -0.15) is 0 Å². The molecule has 0 aliphatic carbocycles. The van der Waals surface area contributed by atoms with Crippen molar-refractivity contribution in [2.24, 2.45) is 5.92 Å². The molecule has 0 spiro atoms. The monoisotopic (exact) mass is 302 g/mol. The Balaban J connectivity index is 1.65.